The summed E-state index contributed by atoms with van der Waals surface area (Å²) in [6, 6.07) is 0.772. The zero-order valence-electron chi connectivity index (χ0n) is 9.85. The van der Waals surface area contributed by atoms with Crippen LogP contribution in [0.25, 0.3) is 0 Å². The van der Waals surface area contributed by atoms with Crippen LogP contribution in [0.5, 0.6) is 0 Å². The van der Waals surface area contributed by atoms with Crippen LogP contribution in [0.15, 0.2) is 0 Å². The van der Waals surface area contributed by atoms with Gasteiger partial charge in [0.2, 0.25) is 0 Å². The van der Waals surface area contributed by atoms with E-state index < -0.39 is 0 Å². The van der Waals surface area contributed by atoms with E-state index in [2.05, 4.69) is 40.1 Å². The van der Waals surface area contributed by atoms with E-state index in [0.29, 0.717) is 5.41 Å². The molecule has 1 N–H and O–H groups in total. The normalized spacial score (nSPS) is 30.2. The van der Waals surface area contributed by atoms with Crippen LogP contribution in [0.1, 0.15) is 47.0 Å². The van der Waals surface area contributed by atoms with Crippen LogP contribution >= 0.6 is 0 Å². The summed E-state index contributed by atoms with van der Waals surface area (Å²) in [6.45, 7) is 9.36. The summed E-state index contributed by atoms with van der Waals surface area (Å²) in [5, 5.41) is 3.47. The maximum Gasteiger partial charge on any atom is 0.00951 e. The van der Waals surface area contributed by atoms with E-state index in [0.717, 1.165) is 17.9 Å². The van der Waals surface area contributed by atoms with Gasteiger partial charge in [-0.05, 0) is 43.6 Å². The molecule has 1 aliphatic carbocycles. The molecule has 3 atom stereocenters. The first-order valence-corrected chi connectivity index (χ1v) is 5.61. The Hall–Kier alpha value is -0.0400. The third-order valence-corrected chi connectivity index (χ3v) is 3.26. The van der Waals surface area contributed by atoms with Crippen LogP contribution in [0.4, 0.5) is 0 Å². The van der Waals surface area contributed by atoms with Crippen LogP contribution in [-0.4, -0.2) is 13.1 Å². The predicted octanol–water partition coefficient (Wildman–Crippen LogP) is 3.06. The summed E-state index contributed by atoms with van der Waals surface area (Å²) >= 11 is 0. The smallest absolute Gasteiger partial charge is 0.00951 e. The quantitative estimate of drug-likeness (QED) is 0.706. The predicted molar refractivity (Wildman–Crippen MR) is 58.8 cm³/mol. The van der Waals surface area contributed by atoms with Crippen molar-refractivity contribution in [3.05, 3.63) is 0 Å². The topological polar surface area (TPSA) is 12.0 Å². The SMILES string of the molecule is CNC(CCC(C)(C)C)C1CC1C. The lowest BCUT2D eigenvalue weighted by Crippen LogP contribution is -2.29. The maximum absolute atomic E-state index is 3.47. The number of hydrogen-bond donors (Lipinski definition) is 1. The van der Waals surface area contributed by atoms with Gasteiger partial charge in [-0.25, -0.2) is 0 Å². The Labute approximate surface area is 83.3 Å². The molecule has 3 unspecified atom stereocenters. The Bertz CT molecular complexity index is 157. The maximum atomic E-state index is 3.47. The summed E-state index contributed by atoms with van der Waals surface area (Å²) in [5.41, 5.74) is 0.493. The fraction of sp³-hybridized carbons (Fsp3) is 1.00. The molecule has 1 heteroatoms. The average molecular weight is 183 g/mol. The van der Waals surface area contributed by atoms with E-state index >= 15 is 0 Å². The lowest BCUT2D eigenvalue weighted by Gasteiger charge is -2.23. The minimum atomic E-state index is 0.493. The zero-order chi connectivity index (χ0) is 10.1. The van der Waals surface area contributed by atoms with Gasteiger partial charge in [-0.15, -0.1) is 0 Å². The molecule has 0 aliphatic heterocycles. The molecule has 0 radical (unpaired) electrons. The second-order valence-corrected chi connectivity index (χ2v) is 5.87. The van der Waals surface area contributed by atoms with Crippen LogP contribution in [0.3, 0.4) is 0 Å². The van der Waals surface area contributed by atoms with Gasteiger partial charge in [0.05, 0.1) is 0 Å². The molecular weight excluding hydrogens is 158 g/mol. The molecular formula is C12H25N. The Balaban J connectivity index is 2.25. The molecule has 1 aliphatic rings. The Kier molecular flexibility index (Phi) is 3.39. The Morgan fingerprint density at radius 2 is 1.92 bits per heavy atom. The minimum Gasteiger partial charge on any atom is -0.317 e. The molecule has 0 saturated heterocycles. The first kappa shape index (κ1) is 11.0. The molecule has 1 nitrogen and oxygen atoms in total. The molecule has 0 amide bonds. The summed E-state index contributed by atoms with van der Waals surface area (Å²) in [5.74, 6) is 1.93. The highest BCUT2D eigenvalue weighted by molar-refractivity contribution is 4.92. The third kappa shape index (κ3) is 3.68. The van der Waals surface area contributed by atoms with Crippen LogP contribution in [0.2, 0.25) is 0 Å². The van der Waals surface area contributed by atoms with Gasteiger partial charge in [0.15, 0.2) is 0 Å². The largest absolute Gasteiger partial charge is 0.317 e. The fourth-order valence-electron chi connectivity index (χ4n) is 2.07. The van der Waals surface area contributed by atoms with Gasteiger partial charge in [-0.1, -0.05) is 27.7 Å². The standard InChI is InChI=1S/C12H25N/c1-9-8-10(9)11(13-5)6-7-12(2,3)4/h9-11,13H,6-8H2,1-5H3. The van der Waals surface area contributed by atoms with Crippen molar-refractivity contribution in [2.75, 3.05) is 7.05 Å². The van der Waals surface area contributed by atoms with E-state index in [4.69, 9.17) is 0 Å². The van der Waals surface area contributed by atoms with Gasteiger partial charge < -0.3 is 5.32 Å². The molecule has 0 aromatic heterocycles. The van der Waals surface area contributed by atoms with Gasteiger partial charge in [0.25, 0.3) is 0 Å². The van der Waals surface area contributed by atoms with Crippen molar-refractivity contribution in [1.82, 2.24) is 5.32 Å². The third-order valence-electron chi connectivity index (χ3n) is 3.26. The monoisotopic (exact) mass is 183 g/mol. The van der Waals surface area contributed by atoms with Gasteiger partial charge >= 0.3 is 0 Å². The molecule has 1 saturated carbocycles. The molecule has 0 aromatic carbocycles. The van der Waals surface area contributed by atoms with Crippen molar-refractivity contribution in [3.8, 4) is 0 Å². The Morgan fingerprint density at radius 3 is 2.23 bits per heavy atom. The van der Waals surface area contributed by atoms with Crippen molar-refractivity contribution in [2.24, 2.45) is 17.3 Å². The van der Waals surface area contributed by atoms with Crippen LogP contribution in [0, 0.1) is 17.3 Å². The lowest BCUT2D eigenvalue weighted by molar-refractivity contribution is 0.320. The van der Waals surface area contributed by atoms with Crippen molar-refractivity contribution in [1.29, 1.82) is 0 Å². The highest BCUT2D eigenvalue weighted by Crippen LogP contribution is 2.42. The highest BCUT2D eigenvalue weighted by atomic mass is 14.9. The second kappa shape index (κ2) is 4.00. The van der Waals surface area contributed by atoms with Crippen LogP contribution < -0.4 is 5.32 Å². The molecule has 0 heterocycles. The van der Waals surface area contributed by atoms with Gasteiger partial charge in [-0.3, -0.25) is 0 Å². The molecule has 0 bridgehead atoms. The first-order chi connectivity index (χ1) is 5.94. The van der Waals surface area contributed by atoms with Crippen molar-refractivity contribution < 1.29 is 0 Å². The average Bonchev–Trinajstić information content (AvgIpc) is 2.66. The number of rotatable bonds is 4. The summed E-state index contributed by atoms with van der Waals surface area (Å²) < 4.78 is 0. The van der Waals surface area contributed by atoms with Gasteiger partial charge in [0, 0.05) is 6.04 Å². The van der Waals surface area contributed by atoms with E-state index in [-0.39, 0.29) is 0 Å². The molecule has 0 aromatic rings. The number of hydrogen-bond acceptors (Lipinski definition) is 1. The van der Waals surface area contributed by atoms with E-state index in [1.165, 1.54) is 19.3 Å². The summed E-state index contributed by atoms with van der Waals surface area (Å²) in [4.78, 5) is 0. The van der Waals surface area contributed by atoms with Crippen molar-refractivity contribution in [2.45, 2.75) is 53.0 Å². The summed E-state index contributed by atoms with van der Waals surface area (Å²) in [6.07, 6.45) is 4.12. The number of nitrogens with one attached hydrogen (secondary N) is 1. The first-order valence-electron chi connectivity index (χ1n) is 5.61. The molecule has 78 valence electrons. The summed E-state index contributed by atoms with van der Waals surface area (Å²) in [7, 11) is 2.11. The highest BCUT2D eigenvalue weighted by Gasteiger charge is 2.38. The van der Waals surface area contributed by atoms with Crippen LogP contribution in [-0.2, 0) is 0 Å². The van der Waals surface area contributed by atoms with E-state index in [1.807, 2.05) is 0 Å². The fourth-order valence-corrected chi connectivity index (χ4v) is 2.07. The zero-order valence-corrected chi connectivity index (χ0v) is 9.85. The van der Waals surface area contributed by atoms with E-state index in [9.17, 15) is 0 Å². The second-order valence-electron chi connectivity index (χ2n) is 5.87. The molecule has 0 spiro atoms. The van der Waals surface area contributed by atoms with Crippen molar-refractivity contribution >= 4 is 0 Å². The van der Waals surface area contributed by atoms with Gasteiger partial charge in [0.1, 0.15) is 0 Å². The van der Waals surface area contributed by atoms with E-state index in [1.54, 1.807) is 0 Å². The molecule has 1 fully saturated rings. The minimum absolute atomic E-state index is 0.493. The van der Waals surface area contributed by atoms with Gasteiger partial charge in [-0.2, -0.15) is 0 Å². The molecule has 13 heavy (non-hydrogen) atoms. The Morgan fingerprint density at radius 1 is 1.38 bits per heavy atom. The lowest BCUT2D eigenvalue weighted by atomic mass is 9.87. The molecule has 1 rings (SSSR count). The van der Waals surface area contributed by atoms with Crippen molar-refractivity contribution in [3.63, 3.8) is 0 Å².